The van der Waals surface area contributed by atoms with Crippen molar-refractivity contribution in [2.24, 2.45) is 5.92 Å². The van der Waals surface area contributed by atoms with Crippen molar-refractivity contribution in [1.82, 2.24) is 29.7 Å². The van der Waals surface area contributed by atoms with Crippen LogP contribution in [0, 0.1) is 5.92 Å². The fourth-order valence-electron chi connectivity index (χ4n) is 5.56. The third-order valence-corrected chi connectivity index (χ3v) is 7.70. The van der Waals surface area contributed by atoms with Crippen molar-refractivity contribution in [1.29, 1.82) is 0 Å². The summed E-state index contributed by atoms with van der Waals surface area (Å²) >= 11 is 0. The highest BCUT2D eigenvalue weighted by Crippen LogP contribution is 2.31. The summed E-state index contributed by atoms with van der Waals surface area (Å²) in [4.78, 5) is 41.8. The van der Waals surface area contributed by atoms with Crippen molar-refractivity contribution in [3.8, 4) is 11.7 Å². The number of piperidine rings is 1. The van der Waals surface area contributed by atoms with Gasteiger partial charge in [-0.25, -0.2) is 13.8 Å². The molecule has 2 aromatic heterocycles. The zero-order valence-electron chi connectivity index (χ0n) is 22.5. The number of benzene rings is 1. The number of alkyl halides is 2. The van der Waals surface area contributed by atoms with Crippen molar-refractivity contribution in [3.63, 3.8) is 0 Å². The number of ether oxygens (including phenoxy) is 2. The maximum atomic E-state index is 14.1. The monoisotopic (exact) mass is 567 g/mol. The second-order valence-corrected chi connectivity index (χ2v) is 10.4. The second-order valence-electron chi connectivity index (χ2n) is 10.4. The molecular formula is C28H31F2N7O4. The Bertz CT molecular complexity index is 1470. The van der Waals surface area contributed by atoms with Crippen molar-refractivity contribution < 1.29 is 27.8 Å². The molecule has 216 valence electrons. The van der Waals surface area contributed by atoms with Gasteiger partial charge in [0, 0.05) is 44.6 Å². The molecule has 3 aliphatic rings. The number of carbonyl (C=O) groups excluding carboxylic acids is 2. The Morgan fingerprint density at radius 2 is 1.93 bits per heavy atom. The standard InChI is InChI=1S/C28H31F2N7O4/c1-17(18-9-10-36(16-18)27(39)20-6-4-8-23(38)31-20)41-24-15-22(33-28(34-24)35-11-13-40-14-12-35)37-21-7-3-2-5-19(21)32-26(37)25(29)30/h2-3,5,7,15,18,20,25H,1,4,6,8-14,16H2,(H,31,38)/t18-,20?/m0/s1. The largest absolute Gasteiger partial charge is 0.443 e. The lowest BCUT2D eigenvalue weighted by Crippen LogP contribution is -2.50. The minimum atomic E-state index is -2.83. The van der Waals surface area contributed by atoms with Crippen LogP contribution < -0.4 is 15.0 Å². The fraction of sp³-hybridized carbons (Fsp3) is 0.464. The van der Waals surface area contributed by atoms with Gasteiger partial charge in [-0.1, -0.05) is 18.7 Å². The summed E-state index contributed by atoms with van der Waals surface area (Å²) in [6.45, 7) is 7.08. The number of fused-ring (bicyclic) bond motifs is 1. The molecule has 41 heavy (non-hydrogen) atoms. The van der Waals surface area contributed by atoms with Crippen LogP contribution in [0.3, 0.4) is 0 Å². The predicted molar refractivity (Wildman–Crippen MR) is 145 cm³/mol. The van der Waals surface area contributed by atoms with E-state index in [9.17, 15) is 18.4 Å². The van der Waals surface area contributed by atoms with Gasteiger partial charge in [0.15, 0.2) is 5.82 Å². The zero-order chi connectivity index (χ0) is 28.5. The Morgan fingerprint density at radius 1 is 1.12 bits per heavy atom. The molecule has 3 fully saturated rings. The molecule has 3 aliphatic heterocycles. The number of likely N-dealkylation sites (tertiary alicyclic amines) is 1. The summed E-state index contributed by atoms with van der Waals surface area (Å²) in [5.74, 6) is 0.302. The minimum Gasteiger partial charge on any atom is -0.443 e. The quantitative estimate of drug-likeness (QED) is 0.434. The third-order valence-electron chi connectivity index (χ3n) is 7.70. The fourth-order valence-corrected chi connectivity index (χ4v) is 5.56. The molecule has 11 nitrogen and oxygen atoms in total. The lowest BCUT2D eigenvalue weighted by molar-refractivity contribution is -0.137. The van der Waals surface area contributed by atoms with E-state index in [1.165, 1.54) is 10.6 Å². The molecule has 1 unspecified atom stereocenters. The maximum absolute atomic E-state index is 14.1. The molecule has 2 amide bonds. The van der Waals surface area contributed by atoms with Gasteiger partial charge in [0.05, 0.1) is 24.2 Å². The first-order chi connectivity index (χ1) is 19.9. The SMILES string of the molecule is C=C(Oc1cc(-n2c(C(F)F)nc3ccccc32)nc(N2CCOCC2)n1)[C@H]1CCN(C(=O)C2CCCC(=O)N2)C1. The van der Waals surface area contributed by atoms with Gasteiger partial charge in [-0.2, -0.15) is 9.97 Å². The van der Waals surface area contributed by atoms with Crippen LogP contribution in [0.25, 0.3) is 16.9 Å². The number of rotatable bonds is 7. The summed E-state index contributed by atoms with van der Waals surface area (Å²) < 4.78 is 41.2. The van der Waals surface area contributed by atoms with Gasteiger partial charge in [0.25, 0.3) is 6.43 Å². The molecule has 1 aromatic carbocycles. The molecule has 13 heteroatoms. The molecule has 0 radical (unpaired) electrons. The van der Waals surface area contributed by atoms with Gasteiger partial charge in [-0.05, 0) is 31.4 Å². The number of para-hydroxylation sites is 2. The van der Waals surface area contributed by atoms with Crippen molar-refractivity contribution in [3.05, 3.63) is 48.5 Å². The van der Waals surface area contributed by atoms with Gasteiger partial charge in [0.2, 0.25) is 23.6 Å². The Labute approximate surface area is 235 Å². The first-order valence-electron chi connectivity index (χ1n) is 13.8. The zero-order valence-corrected chi connectivity index (χ0v) is 22.5. The molecule has 6 rings (SSSR count). The molecule has 0 saturated carbocycles. The summed E-state index contributed by atoms with van der Waals surface area (Å²) in [7, 11) is 0. The average Bonchev–Trinajstić information content (AvgIpc) is 3.63. The van der Waals surface area contributed by atoms with Crippen LogP contribution in [0.2, 0.25) is 0 Å². The molecular weight excluding hydrogens is 536 g/mol. The van der Waals surface area contributed by atoms with Crippen molar-refractivity contribution in [2.45, 2.75) is 38.2 Å². The Kier molecular flexibility index (Phi) is 7.52. The van der Waals surface area contributed by atoms with E-state index in [1.807, 2.05) is 4.90 Å². The van der Waals surface area contributed by atoms with E-state index in [1.54, 1.807) is 29.2 Å². The molecule has 0 aliphatic carbocycles. The highest BCUT2D eigenvalue weighted by Gasteiger charge is 2.35. The van der Waals surface area contributed by atoms with Crippen LogP contribution in [0.4, 0.5) is 14.7 Å². The van der Waals surface area contributed by atoms with E-state index in [0.29, 0.717) is 87.8 Å². The van der Waals surface area contributed by atoms with E-state index in [0.717, 1.165) is 0 Å². The molecule has 3 saturated heterocycles. The topological polar surface area (TPSA) is 115 Å². The van der Waals surface area contributed by atoms with E-state index < -0.39 is 18.3 Å². The van der Waals surface area contributed by atoms with Gasteiger partial charge >= 0.3 is 0 Å². The molecule has 2 atom stereocenters. The molecule has 0 bridgehead atoms. The number of hydrogen-bond acceptors (Lipinski definition) is 8. The van der Waals surface area contributed by atoms with Crippen LogP contribution >= 0.6 is 0 Å². The first-order valence-corrected chi connectivity index (χ1v) is 13.8. The van der Waals surface area contributed by atoms with Gasteiger partial charge in [0.1, 0.15) is 17.6 Å². The third kappa shape index (κ3) is 5.58. The second kappa shape index (κ2) is 11.4. The number of amides is 2. The summed E-state index contributed by atoms with van der Waals surface area (Å²) in [6, 6.07) is 7.88. The molecule has 0 spiro atoms. The van der Waals surface area contributed by atoms with E-state index in [4.69, 9.17) is 9.47 Å². The number of nitrogens with zero attached hydrogens (tertiary/aromatic N) is 6. The molecule has 3 aromatic rings. The average molecular weight is 568 g/mol. The highest BCUT2D eigenvalue weighted by molar-refractivity contribution is 5.88. The Morgan fingerprint density at radius 3 is 2.71 bits per heavy atom. The smallest absolute Gasteiger partial charge is 0.296 e. The lowest BCUT2D eigenvalue weighted by Gasteiger charge is -2.28. The van der Waals surface area contributed by atoms with E-state index >= 15 is 0 Å². The Balaban J connectivity index is 1.27. The summed E-state index contributed by atoms with van der Waals surface area (Å²) in [6.07, 6.45) is -0.435. The first kappa shape index (κ1) is 27.1. The molecule has 5 heterocycles. The Hall–Kier alpha value is -4.13. The number of hydrogen-bond donors (Lipinski definition) is 1. The number of morpholine rings is 1. The van der Waals surface area contributed by atoms with Crippen molar-refractivity contribution >= 4 is 28.8 Å². The van der Waals surface area contributed by atoms with Crippen LogP contribution in [-0.2, 0) is 14.3 Å². The highest BCUT2D eigenvalue weighted by atomic mass is 19.3. The van der Waals surface area contributed by atoms with Gasteiger partial charge in [-0.3, -0.25) is 14.2 Å². The number of halogens is 2. The maximum Gasteiger partial charge on any atom is 0.296 e. The van der Waals surface area contributed by atoms with Gasteiger partial charge in [-0.15, -0.1) is 0 Å². The number of carbonyl (C=O) groups is 2. The summed E-state index contributed by atoms with van der Waals surface area (Å²) in [5.41, 5.74) is 0.907. The van der Waals surface area contributed by atoms with Crippen LogP contribution in [-0.4, -0.2) is 81.7 Å². The number of anilines is 1. The van der Waals surface area contributed by atoms with Crippen LogP contribution in [0.5, 0.6) is 5.88 Å². The lowest BCUT2D eigenvalue weighted by atomic mass is 10.0. The van der Waals surface area contributed by atoms with Crippen LogP contribution in [0.15, 0.2) is 42.7 Å². The summed E-state index contributed by atoms with van der Waals surface area (Å²) in [5, 5.41) is 2.78. The number of imidazole rings is 1. The van der Waals surface area contributed by atoms with E-state index in [2.05, 4.69) is 26.8 Å². The molecule has 1 N–H and O–H groups in total. The van der Waals surface area contributed by atoms with E-state index in [-0.39, 0.29) is 29.4 Å². The number of nitrogens with one attached hydrogen (secondary N) is 1. The predicted octanol–water partition coefficient (Wildman–Crippen LogP) is 3.00. The minimum absolute atomic E-state index is 0.0983. The van der Waals surface area contributed by atoms with Crippen molar-refractivity contribution in [2.75, 3.05) is 44.3 Å². The normalized spacial score (nSPS) is 21.4. The van der Waals surface area contributed by atoms with Gasteiger partial charge < -0.3 is 24.6 Å². The number of aromatic nitrogens is 4. The van der Waals surface area contributed by atoms with Crippen LogP contribution in [0.1, 0.15) is 37.9 Å².